The lowest BCUT2D eigenvalue weighted by molar-refractivity contribution is -0.140. The fourth-order valence-electron chi connectivity index (χ4n) is 2.41. The Labute approximate surface area is 170 Å². The number of rotatable bonds is 6. The topological polar surface area (TPSA) is 66.8 Å². The highest BCUT2D eigenvalue weighted by atomic mass is 35.5. The van der Waals surface area contributed by atoms with Crippen LogP contribution in [0.4, 0.5) is 0 Å². The Morgan fingerprint density at radius 3 is 2.67 bits per heavy atom. The molecule has 27 heavy (non-hydrogen) atoms. The van der Waals surface area contributed by atoms with E-state index >= 15 is 0 Å². The van der Waals surface area contributed by atoms with E-state index in [9.17, 15) is 9.59 Å². The summed E-state index contributed by atoms with van der Waals surface area (Å²) in [5.74, 6) is -0.953. The number of carbonyl (C=O) groups is 2. The molecule has 5 nitrogen and oxygen atoms in total. The zero-order chi connectivity index (χ0) is 19.4. The van der Waals surface area contributed by atoms with Crippen molar-refractivity contribution in [2.24, 2.45) is 0 Å². The fourth-order valence-corrected chi connectivity index (χ4v) is 3.85. The summed E-state index contributed by atoms with van der Waals surface area (Å²) >= 11 is 12.3. The Bertz CT molecular complexity index is 945. The molecular formula is C19H14ClNO4S2. The van der Waals surface area contributed by atoms with Crippen molar-refractivity contribution in [1.29, 1.82) is 0 Å². The highest BCUT2D eigenvalue weighted by Gasteiger charge is 2.33. The zero-order valence-electron chi connectivity index (χ0n) is 13.9. The number of carbonyl (C=O) groups excluding carboxylic acids is 1. The van der Waals surface area contributed by atoms with E-state index < -0.39 is 18.4 Å². The first-order chi connectivity index (χ1) is 13.0. The number of halogens is 1. The zero-order valence-corrected chi connectivity index (χ0v) is 16.3. The first kappa shape index (κ1) is 19.4. The molecule has 0 aromatic heterocycles. The summed E-state index contributed by atoms with van der Waals surface area (Å²) in [6.45, 7) is -0.169. The van der Waals surface area contributed by atoms with Crippen LogP contribution in [0.15, 0.2) is 53.4 Å². The second-order valence-corrected chi connectivity index (χ2v) is 7.66. The molecule has 1 amide bonds. The van der Waals surface area contributed by atoms with Gasteiger partial charge in [0.15, 0.2) is 0 Å². The molecular weight excluding hydrogens is 406 g/mol. The fraction of sp³-hybridized carbons (Fsp3) is 0.105. The van der Waals surface area contributed by atoms with Crippen LogP contribution in [0.1, 0.15) is 11.1 Å². The Balaban J connectivity index is 1.81. The number of nitrogens with zero attached hydrogens (tertiary/aromatic N) is 1. The molecule has 1 heterocycles. The van der Waals surface area contributed by atoms with E-state index in [0.717, 1.165) is 22.2 Å². The number of hydrogen-bond donors (Lipinski definition) is 1. The van der Waals surface area contributed by atoms with Gasteiger partial charge < -0.3 is 9.84 Å². The van der Waals surface area contributed by atoms with Crippen molar-refractivity contribution in [1.82, 2.24) is 4.90 Å². The van der Waals surface area contributed by atoms with Crippen molar-refractivity contribution in [2.75, 3.05) is 6.54 Å². The van der Waals surface area contributed by atoms with E-state index in [2.05, 4.69) is 0 Å². The molecule has 2 aromatic carbocycles. The van der Waals surface area contributed by atoms with Gasteiger partial charge in [-0.2, -0.15) is 0 Å². The number of thiocarbonyl (C=S) groups is 1. The van der Waals surface area contributed by atoms with Crippen molar-refractivity contribution in [2.45, 2.75) is 6.61 Å². The molecule has 2 aromatic rings. The van der Waals surface area contributed by atoms with E-state index in [1.165, 1.54) is 0 Å². The summed E-state index contributed by atoms with van der Waals surface area (Å²) < 4.78 is 6.10. The normalized spacial score (nSPS) is 15.4. The molecule has 3 rings (SSSR count). The van der Waals surface area contributed by atoms with Crippen LogP contribution in [0.25, 0.3) is 6.08 Å². The van der Waals surface area contributed by atoms with Crippen molar-refractivity contribution in [3.05, 3.63) is 69.6 Å². The van der Waals surface area contributed by atoms with Crippen LogP contribution in [0, 0.1) is 0 Å². The minimum absolute atomic E-state index is 0.225. The van der Waals surface area contributed by atoms with E-state index in [-0.39, 0.29) is 10.9 Å². The van der Waals surface area contributed by atoms with Gasteiger partial charge in [0, 0.05) is 16.1 Å². The number of carboxylic acid groups (broad SMARTS) is 1. The lowest BCUT2D eigenvalue weighted by Crippen LogP contribution is -2.33. The summed E-state index contributed by atoms with van der Waals surface area (Å²) in [6, 6.07) is 14.7. The highest BCUT2D eigenvalue weighted by Crippen LogP contribution is 2.34. The van der Waals surface area contributed by atoms with Gasteiger partial charge in [-0.05, 0) is 18.2 Å². The Kier molecular flexibility index (Phi) is 6.15. The van der Waals surface area contributed by atoms with Crippen molar-refractivity contribution >= 4 is 57.9 Å². The van der Waals surface area contributed by atoms with Crippen LogP contribution in [-0.2, 0) is 16.2 Å². The van der Waals surface area contributed by atoms with E-state index in [1.54, 1.807) is 18.2 Å². The molecule has 1 fully saturated rings. The van der Waals surface area contributed by atoms with Crippen LogP contribution >= 0.6 is 35.6 Å². The standard InChI is InChI=1S/C19H14ClNO4S2/c20-14-7-3-1-6-13(14)11-25-15-8-4-2-5-12(15)9-16-18(24)21(10-17(22)23)19(26)27-16/h1-9H,10-11H2,(H,22,23)/b16-9+. The lowest BCUT2D eigenvalue weighted by Gasteiger charge is -2.11. The molecule has 8 heteroatoms. The third-order valence-electron chi connectivity index (χ3n) is 3.71. The average Bonchev–Trinajstić information content (AvgIpc) is 2.89. The van der Waals surface area contributed by atoms with Gasteiger partial charge in [0.05, 0.1) is 4.91 Å². The van der Waals surface area contributed by atoms with Crippen LogP contribution < -0.4 is 4.74 Å². The van der Waals surface area contributed by atoms with Gasteiger partial charge in [-0.25, -0.2) is 0 Å². The van der Waals surface area contributed by atoms with Crippen molar-refractivity contribution in [3.8, 4) is 5.75 Å². The number of para-hydroxylation sites is 1. The number of carboxylic acids is 1. The highest BCUT2D eigenvalue weighted by molar-refractivity contribution is 8.26. The average molecular weight is 420 g/mol. The molecule has 0 unspecified atom stereocenters. The Hall–Kier alpha value is -2.35. The molecule has 0 atom stereocenters. The quantitative estimate of drug-likeness (QED) is 0.559. The van der Waals surface area contributed by atoms with E-state index in [1.807, 2.05) is 36.4 Å². The van der Waals surface area contributed by atoms with Crippen LogP contribution in [-0.4, -0.2) is 32.7 Å². The van der Waals surface area contributed by atoms with Crippen LogP contribution in [0.2, 0.25) is 5.02 Å². The van der Waals surface area contributed by atoms with Crippen LogP contribution in [0.3, 0.4) is 0 Å². The minimum atomic E-state index is -1.11. The number of aliphatic carboxylic acids is 1. The summed E-state index contributed by atoms with van der Waals surface area (Å²) in [7, 11) is 0. The molecule has 0 radical (unpaired) electrons. The lowest BCUT2D eigenvalue weighted by atomic mass is 10.1. The SMILES string of the molecule is O=C(O)CN1C(=O)/C(=C\c2ccccc2OCc2ccccc2Cl)SC1=S. The third-order valence-corrected chi connectivity index (χ3v) is 5.46. The third kappa shape index (κ3) is 4.68. The minimum Gasteiger partial charge on any atom is -0.488 e. The summed E-state index contributed by atoms with van der Waals surface area (Å²) in [4.78, 5) is 24.7. The molecule has 0 saturated carbocycles. The number of ether oxygens (including phenoxy) is 1. The summed E-state index contributed by atoms with van der Waals surface area (Å²) in [5.41, 5.74) is 1.54. The van der Waals surface area contributed by atoms with E-state index in [0.29, 0.717) is 21.2 Å². The summed E-state index contributed by atoms with van der Waals surface area (Å²) in [6.07, 6.45) is 1.66. The number of thioether (sulfide) groups is 1. The van der Waals surface area contributed by atoms with Gasteiger partial charge in [0.25, 0.3) is 5.91 Å². The molecule has 1 saturated heterocycles. The first-order valence-corrected chi connectivity index (χ1v) is 9.48. The largest absolute Gasteiger partial charge is 0.488 e. The molecule has 1 aliphatic rings. The van der Waals surface area contributed by atoms with Crippen molar-refractivity contribution in [3.63, 3.8) is 0 Å². The van der Waals surface area contributed by atoms with Gasteiger partial charge in [0.2, 0.25) is 0 Å². The van der Waals surface area contributed by atoms with E-state index in [4.69, 9.17) is 33.7 Å². The second kappa shape index (κ2) is 8.56. The monoisotopic (exact) mass is 419 g/mol. The van der Waals surface area contributed by atoms with Crippen LogP contribution in [0.5, 0.6) is 5.75 Å². The van der Waals surface area contributed by atoms with Gasteiger partial charge in [0.1, 0.15) is 23.2 Å². The molecule has 0 aliphatic carbocycles. The molecule has 0 bridgehead atoms. The summed E-state index contributed by atoms with van der Waals surface area (Å²) in [5, 5.41) is 9.53. The molecule has 1 aliphatic heterocycles. The predicted molar refractivity (Wildman–Crippen MR) is 110 cm³/mol. The van der Waals surface area contributed by atoms with Crippen molar-refractivity contribution < 1.29 is 19.4 Å². The maximum absolute atomic E-state index is 12.4. The maximum atomic E-state index is 12.4. The Morgan fingerprint density at radius 2 is 1.93 bits per heavy atom. The molecule has 0 spiro atoms. The maximum Gasteiger partial charge on any atom is 0.323 e. The molecule has 1 N–H and O–H groups in total. The second-order valence-electron chi connectivity index (χ2n) is 5.58. The number of amides is 1. The smallest absolute Gasteiger partial charge is 0.323 e. The Morgan fingerprint density at radius 1 is 1.22 bits per heavy atom. The number of hydrogen-bond acceptors (Lipinski definition) is 5. The number of benzene rings is 2. The van der Waals surface area contributed by atoms with Gasteiger partial charge in [-0.3, -0.25) is 14.5 Å². The molecule has 138 valence electrons. The predicted octanol–water partition coefficient (Wildman–Crippen LogP) is 4.20. The van der Waals surface area contributed by atoms with Gasteiger partial charge >= 0.3 is 5.97 Å². The van der Waals surface area contributed by atoms with Gasteiger partial charge in [-0.1, -0.05) is 72.0 Å². The first-order valence-electron chi connectivity index (χ1n) is 7.88. The van der Waals surface area contributed by atoms with Gasteiger partial charge in [-0.15, -0.1) is 0 Å².